The lowest BCUT2D eigenvalue weighted by Gasteiger charge is -2.02. The number of imidazole rings is 1. The Hall–Kier alpha value is -2.04. The number of benzene rings is 1. The minimum absolute atomic E-state index is 0.0314. The SMILES string of the molecule is CC(=O)NCCc1ccc2[nH]c(=O)[nH]c2c1. The molecule has 1 amide bonds. The molecule has 0 aliphatic carbocycles. The first kappa shape index (κ1) is 10.5. The van der Waals surface area contributed by atoms with Crippen LogP contribution in [-0.4, -0.2) is 22.4 Å². The Balaban J connectivity index is 2.13. The third-order valence-corrected chi connectivity index (χ3v) is 2.37. The summed E-state index contributed by atoms with van der Waals surface area (Å²) < 4.78 is 0. The first-order valence-electron chi connectivity index (χ1n) is 5.10. The molecule has 84 valence electrons. The van der Waals surface area contributed by atoms with Crippen molar-refractivity contribution in [1.82, 2.24) is 15.3 Å². The number of hydrogen-bond acceptors (Lipinski definition) is 2. The second kappa shape index (κ2) is 4.22. The van der Waals surface area contributed by atoms with E-state index in [9.17, 15) is 9.59 Å². The van der Waals surface area contributed by atoms with E-state index in [4.69, 9.17) is 0 Å². The highest BCUT2D eigenvalue weighted by atomic mass is 16.1. The van der Waals surface area contributed by atoms with Gasteiger partial charge in [-0.25, -0.2) is 4.79 Å². The fourth-order valence-corrected chi connectivity index (χ4v) is 1.62. The molecule has 2 rings (SSSR count). The summed E-state index contributed by atoms with van der Waals surface area (Å²) in [4.78, 5) is 27.1. The summed E-state index contributed by atoms with van der Waals surface area (Å²) in [5.41, 5.74) is 2.48. The fraction of sp³-hybridized carbons (Fsp3) is 0.273. The third-order valence-electron chi connectivity index (χ3n) is 2.37. The molecule has 5 heteroatoms. The molecule has 1 aromatic carbocycles. The molecule has 1 heterocycles. The summed E-state index contributed by atoms with van der Waals surface area (Å²) in [7, 11) is 0. The van der Waals surface area contributed by atoms with Crippen molar-refractivity contribution in [1.29, 1.82) is 0 Å². The fourth-order valence-electron chi connectivity index (χ4n) is 1.62. The predicted molar refractivity (Wildman–Crippen MR) is 61.3 cm³/mol. The van der Waals surface area contributed by atoms with Crippen LogP contribution in [0.5, 0.6) is 0 Å². The Morgan fingerprint density at radius 3 is 2.81 bits per heavy atom. The lowest BCUT2D eigenvalue weighted by molar-refractivity contribution is -0.118. The van der Waals surface area contributed by atoms with Crippen LogP contribution >= 0.6 is 0 Å². The summed E-state index contributed by atoms with van der Waals surface area (Å²) in [5, 5.41) is 2.73. The van der Waals surface area contributed by atoms with Gasteiger partial charge in [0, 0.05) is 13.5 Å². The molecule has 16 heavy (non-hydrogen) atoms. The van der Waals surface area contributed by atoms with Crippen LogP contribution in [0, 0.1) is 0 Å². The second-order valence-electron chi connectivity index (χ2n) is 3.69. The van der Waals surface area contributed by atoms with Gasteiger partial charge in [-0.3, -0.25) is 4.79 Å². The van der Waals surface area contributed by atoms with Crippen molar-refractivity contribution in [3.63, 3.8) is 0 Å². The molecule has 3 N–H and O–H groups in total. The van der Waals surface area contributed by atoms with Gasteiger partial charge in [0.2, 0.25) is 5.91 Å². The number of aromatic amines is 2. The van der Waals surface area contributed by atoms with E-state index in [1.807, 2.05) is 18.2 Å². The zero-order chi connectivity index (χ0) is 11.5. The van der Waals surface area contributed by atoms with E-state index in [0.29, 0.717) is 6.54 Å². The van der Waals surface area contributed by atoms with Crippen LogP contribution in [0.2, 0.25) is 0 Å². The van der Waals surface area contributed by atoms with Crippen molar-refractivity contribution in [2.75, 3.05) is 6.54 Å². The van der Waals surface area contributed by atoms with E-state index >= 15 is 0 Å². The molecule has 0 aliphatic rings. The monoisotopic (exact) mass is 219 g/mol. The number of carbonyl (C=O) groups excluding carboxylic acids is 1. The van der Waals surface area contributed by atoms with Crippen molar-refractivity contribution < 1.29 is 4.79 Å². The number of hydrogen-bond donors (Lipinski definition) is 3. The highest BCUT2D eigenvalue weighted by Crippen LogP contribution is 2.10. The van der Waals surface area contributed by atoms with E-state index in [1.54, 1.807) is 0 Å². The number of rotatable bonds is 3. The number of amides is 1. The summed E-state index contributed by atoms with van der Waals surface area (Å²) in [6.07, 6.45) is 0.753. The number of carbonyl (C=O) groups is 1. The van der Waals surface area contributed by atoms with Crippen LogP contribution in [0.1, 0.15) is 12.5 Å². The number of fused-ring (bicyclic) bond motifs is 1. The molecular weight excluding hydrogens is 206 g/mol. The molecule has 0 fully saturated rings. The molecule has 0 unspecified atom stereocenters. The highest BCUT2D eigenvalue weighted by molar-refractivity contribution is 5.75. The standard InChI is InChI=1S/C11H13N3O2/c1-7(15)12-5-4-8-2-3-9-10(6-8)14-11(16)13-9/h2-3,6H,4-5H2,1H3,(H,12,15)(H2,13,14,16). The second-order valence-corrected chi connectivity index (χ2v) is 3.69. The molecule has 2 aromatic rings. The largest absolute Gasteiger partial charge is 0.356 e. The summed E-state index contributed by atoms with van der Waals surface area (Å²) in [6.45, 7) is 2.10. The maximum absolute atomic E-state index is 11.0. The van der Waals surface area contributed by atoms with Gasteiger partial charge in [-0.15, -0.1) is 0 Å². The Kier molecular flexibility index (Phi) is 2.76. The highest BCUT2D eigenvalue weighted by Gasteiger charge is 2.00. The molecule has 0 radical (unpaired) electrons. The molecule has 5 nitrogen and oxygen atoms in total. The summed E-state index contributed by atoms with van der Waals surface area (Å²) in [5.74, 6) is -0.0314. The lowest BCUT2D eigenvalue weighted by atomic mass is 10.1. The topological polar surface area (TPSA) is 77.8 Å². The van der Waals surface area contributed by atoms with Gasteiger partial charge in [-0.1, -0.05) is 6.07 Å². The van der Waals surface area contributed by atoms with Crippen molar-refractivity contribution in [2.24, 2.45) is 0 Å². The molecule has 0 saturated carbocycles. The van der Waals surface area contributed by atoms with Gasteiger partial charge in [0.15, 0.2) is 0 Å². The van der Waals surface area contributed by atoms with Crippen LogP contribution < -0.4 is 11.0 Å². The smallest absolute Gasteiger partial charge is 0.323 e. The molecule has 0 spiro atoms. The molecule has 0 bridgehead atoms. The van der Waals surface area contributed by atoms with Crippen molar-refractivity contribution in [2.45, 2.75) is 13.3 Å². The zero-order valence-corrected chi connectivity index (χ0v) is 8.96. The quantitative estimate of drug-likeness (QED) is 0.704. The van der Waals surface area contributed by atoms with E-state index in [-0.39, 0.29) is 11.6 Å². The molecular formula is C11H13N3O2. The van der Waals surface area contributed by atoms with E-state index in [2.05, 4.69) is 15.3 Å². The third kappa shape index (κ3) is 2.31. The van der Waals surface area contributed by atoms with Crippen LogP contribution in [0.25, 0.3) is 11.0 Å². The maximum atomic E-state index is 11.0. The minimum Gasteiger partial charge on any atom is -0.356 e. The van der Waals surface area contributed by atoms with Gasteiger partial charge in [-0.2, -0.15) is 0 Å². The van der Waals surface area contributed by atoms with E-state index < -0.39 is 0 Å². The van der Waals surface area contributed by atoms with Crippen molar-refractivity contribution in [3.8, 4) is 0 Å². The van der Waals surface area contributed by atoms with Crippen LogP contribution in [0.3, 0.4) is 0 Å². The lowest BCUT2D eigenvalue weighted by Crippen LogP contribution is -2.22. The van der Waals surface area contributed by atoms with Gasteiger partial charge < -0.3 is 15.3 Å². The van der Waals surface area contributed by atoms with E-state index in [0.717, 1.165) is 23.0 Å². The summed E-state index contributed by atoms with van der Waals surface area (Å²) >= 11 is 0. The average Bonchev–Trinajstić information content (AvgIpc) is 2.56. The first-order chi connectivity index (χ1) is 7.65. The molecule has 0 saturated heterocycles. The van der Waals surface area contributed by atoms with Gasteiger partial charge >= 0.3 is 5.69 Å². The van der Waals surface area contributed by atoms with Crippen LogP contribution in [0.15, 0.2) is 23.0 Å². The Labute approximate surface area is 91.9 Å². The van der Waals surface area contributed by atoms with Gasteiger partial charge in [0.1, 0.15) is 0 Å². The number of H-pyrrole nitrogens is 2. The predicted octanol–water partition coefficient (Wildman–Crippen LogP) is 0.535. The average molecular weight is 219 g/mol. The first-order valence-corrected chi connectivity index (χ1v) is 5.10. The normalized spacial score (nSPS) is 10.6. The van der Waals surface area contributed by atoms with Crippen molar-refractivity contribution >= 4 is 16.9 Å². The van der Waals surface area contributed by atoms with Crippen LogP contribution in [-0.2, 0) is 11.2 Å². The van der Waals surface area contributed by atoms with Crippen LogP contribution in [0.4, 0.5) is 0 Å². The zero-order valence-electron chi connectivity index (χ0n) is 8.96. The summed E-state index contributed by atoms with van der Waals surface area (Å²) in [6, 6.07) is 5.71. The van der Waals surface area contributed by atoms with Crippen molar-refractivity contribution in [3.05, 3.63) is 34.2 Å². The van der Waals surface area contributed by atoms with Gasteiger partial charge in [-0.05, 0) is 24.1 Å². The minimum atomic E-state index is -0.200. The number of nitrogens with one attached hydrogen (secondary N) is 3. The van der Waals surface area contributed by atoms with E-state index in [1.165, 1.54) is 6.92 Å². The molecule has 0 aliphatic heterocycles. The molecule has 1 aromatic heterocycles. The molecule has 0 atom stereocenters. The maximum Gasteiger partial charge on any atom is 0.323 e. The number of aromatic nitrogens is 2. The Morgan fingerprint density at radius 1 is 1.31 bits per heavy atom. The Morgan fingerprint density at radius 2 is 2.06 bits per heavy atom. The Bertz CT molecular complexity index is 568. The van der Waals surface area contributed by atoms with Gasteiger partial charge in [0.25, 0.3) is 0 Å². The van der Waals surface area contributed by atoms with Gasteiger partial charge in [0.05, 0.1) is 11.0 Å².